The number of rotatable bonds is 6. The molecule has 0 aromatic carbocycles. The standard InChI is InChI=1S/C12H18N2O2/c1-3-13(4-2)12(16)7-9-14-8-5-6-11(14)10-15/h5-6,8,10H,3-4,7,9H2,1-2H3. The monoisotopic (exact) mass is 222 g/mol. The number of aromatic nitrogens is 1. The number of carbonyl (C=O) groups excluding carboxylic acids is 2. The Morgan fingerprint density at radius 1 is 1.44 bits per heavy atom. The molecular formula is C12H18N2O2. The fourth-order valence-corrected chi connectivity index (χ4v) is 1.69. The van der Waals surface area contributed by atoms with Gasteiger partial charge >= 0.3 is 0 Å². The zero-order chi connectivity index (χ0) is 12.0. The Balaban J connectivity index is 2.51. The van der Waals surface area contributed by atoms with E-state index < -0.39 is 0 Å². The van der Waals surface area contributed by atoms with Crippen LogP contribution in [0.15, 0.2) is 18.3 Å². The molecule has 0 bridgehead atoms. The minimum Gasteiger partial charge on any atom is -0.345 e. The van der Waals surface area contributed by atoms with Gasteiger partial charge in [0.25, 0.3) is 0 Å². The predicted octanol–water partition coefficient (Wildman–Crippen LogP) is 1.56. The molecule has 0 saturated heterocycles. The SMILES string of the molecule is CCN(CC)C(=O)CCn1cccc1C=O. The lowest BCUT2D eigenvalue weighted by atomic mass is 10.3. The van der Waals surface area contributed by atoms with Gasteiger partial charge in [0.1, 0.15) is 0 Å². The minimum absolute atomic E-state index is 0.135. The molecule has 0 spiro atoms. The Morgan fingerprint density at radius 2 is 2.12 bits per heavy atom. The third-order valence-electron chi connectivity index (χ3n) is 2.67. The van der Waals surface area contributed by atoms with Crippen LogP contribution in [0.2, 0.25) is 0 Å². The van der Waals surface area contributed by atoms with Gasteiger partial charge in [0.2, 0.25) is 5.91 Å². The van der Waals surface area contributed by atoms with Crippen LogP contribution in [0.1, 0.15) is 30.8 Å². The number of amides is 1. The summed E-state index contributed by atoms with van der Waals surface area (Å²) in [5, 5.41) is 0. The third kappa shape index (κ3) is 2.95. The normalized spacial score (nSPS) is 10.1. The second-order valence-corrected chi connectivity index (χ2v) is 3.56. The topological polar surface area (TPSA) is 42.3 Å². The summed E-state index contributed by atoms with van der Waals surface area (Å²) in [5.41, 5.74) is 0.618. The average Bonchev–Trinajstić information content (AvgIpc) is 2.75. The zero-order valence-electron chi connectivity index (χ0n) is 9.85. The van der Waals surface area contributed by atoms with Gasteiger partial charge in [-0.05, 0) is 26.0 Å². The molecule has 0 atom stereocenters. The van der Waals surface area contributed by atoms with Crippen LogP contribution >= 0.6 is 0 Å². The number of aldehydes is 1. The fourth-order valence-electron chi connectivity index (χ4n) is 1.69. The Hall–Kier alpha value is -1.58. The number of hydrogen-bond donors (Lipinski definition) is 0. The zero-order valence-corrected chi connectivity index (χ0v) is 9.85. The largest absolute Gasteiger partial charge is 0.345 e. The first-order valence-electron chi connectivity index (χ1n) is 5.61. The van der Waals surface area contributed by atoms with Crippen LogP contribution < -0.4 is 0 Å². The summed E-state index contributed by atoms with van der Waals surface area (Å²) in [6, 6.07) is 3.56. The van der Waals surface area contributed by atoms with Crippen molar-refractivity contribution in [3.05, 3.63) is 24.0 Å². The van der Waals surface area contributed by atoms with E-state index >= 15 is 0 Å². The Kier molecular flexibility index (Phi) is 4.76. The average molecular weight is 222 g/mol. The maximum atomic E-state index is 11.7. The molecule has 0 saturated carbocycles. The van der Waals surface area contributed by atoms with Gasteiger partial charge in [0, 0.05) is 32.3 Å². The van der Waals surface area contributed by atoms with Gasteiger partial charge in [-0.15, -0.1) is 0 Å². The van der Waals surface area contributed by atoms with Gasteiger partial charge in [0.05, 0.1) is 5.69 Å². The molecule has 0 N–H and O–H groups in total. The molecule has 88 valence electrons. The molecule has 0 aliphatic rings. The van der Waals surface area contributed by atoms with Crippen LogP contribution in [0.3, 0.4) is 0 Å². The molecular weight excluding hydrogens is 204 g/mol. The van der Waals surface area contributed by atoms with E-state index in [0.29, 0.717) is 18.7 Å². The fraction of sp³-hybridized carbons (Fsp3) is 0.500. The van der Waals surface area contributed by atoms with Gasteiger partial charge in [-0.3, -0.25) is 9.59 Å². The molecule has 16 heavy (non-hydrogen) atoms. The van der Waals surface area contributed by atoms with E-state index in [1.54, 1.807) is 15.5 Å². The molecule has 0 radical (unpaired) electrons. The summed E-state index contributed by atoms with van der Waals surface area (Å²) in [4.78, 5) is 24.2. The molecule has 1 amide bonds. The summed E-state index contributed by atoms with van der Waals surface area (Å²) in [7, 11) is 0. The van der Waals surface area contributed by atoms with Crippen molar-refractivity contribution in [1.29, 1.82) is 0 Å². The molecule has 0 aliphatic heterocycles. The summed E-state index contributed by atoms with van der Waals surface area (Å²) in [6.45, 7) is 5.97. The summed E-state index contributed by atoms with van der Waals surface area (Å²) in [5.74, 6) is 0.135. The van der Waals surface area contributed by atoms with Crippen molar-refractivity contribution in [1.82, 2.24) is 9.47 Å². The minimum atomic E-state index is 0.135. The lowest BCUT2D eigenvalue weighted by molar-refractivity contribution is -0.131. The van der Waals surface area contributed by atoms with Gasteiger partial charge in [0.15, 0.2) is 6.29 Å². The van der Waals surface area contributed by atoms with E-state index in [-0.39, 0.29) is 5.91 Å². The summed E-state index contributed by atoms with van der Waals surface area (Å²) in [6.07, 6.45) is 3.07. The molecule has 0 fully saturated rings. The van der Waals surface area contributed by atoms with Crippen molar-refractivity contribution >= 4 is 12.2 Å². The Morgan fingerprint density at radius 3 is 2.69 bits per heavy atom. The number of carbonyl (C=O) groups is 2. The highest BCUT2D eigenvalue weighted by molar-refractivity contribution is 5.76. The first-order valence-corrected chi connectivity index (χ1v) is 5.61. The first kappa shape index (κ1) is 12.5. The first-order chi connectivity index (χ1) is 7.72. The van der Waals surface area contributed by atoms with E-state index in [9.17, 15) is 9.59 Å². The Labute approximate surface area is 95.9 Å². The van der Waals surface area contributed by atoms with Crippen molar-refractivity contribution in [3.8, 4) is 0 Å². The number of aryl methyl sites for hydroxylation is 1. The molecule has 1 rings (SSSR count). The van der Waals surface area contributed by atoms with Crippen molar-refractivity contribution < 1.29 is 9.59 Å². The molecule has 0 aliphatic carbocycles. The van der Waals surface area contributed by atoms with Crippen molar-refractivity contribution in [2.24, 2.45) is 0 Å². The van der Waals surface area contributed by atoms with E-state index in [2.05, 4.69) is 0 Å². The van der Waals surface area contributed by atoms with Gasteiger partial charge in [-0.2, -0.15) is 0 Å². The van der Waals surface area contributed by atoms with Crippen molar-refractivity contribution in [2.75, 3.05) is 13.1 Å². The third-order valence-corrected chi connectivity index (χ3v) is 2.67. The second kappa shape index (κ2) is 6.10. The van der Waals surface area contributed by atoms with E-state index in [4.69, 9.17) is 0 Å². The summed E-state index contributed by atoms with van der Waals surface area (Å²) < 4.78 is 1.80. The van der Waals surface area contributed by atoms with Crippen molar-refractivity contribution in [3.63, 3.8) is 0 Å². The predicted molar refractivity (Wildman–Crippen MR) is 62.4 cm³/mol. The summed E-state index contributed by atoms with van der Waals surface area (Å²) >= 11 is 0. The molecule has 1 aromatic heterocycles. The van der Waals surface area contributed by atoms with E-state index in [1.807, 2.05) is 26.1 Å². The Bertz CT molecular complexity index is 354. The quantitative estimate of drug-likeness (QED) is 0.685. The van der Waals surface area contributed by atoms with Crippen molar-refractivity contribution in [2.45, 2.75) is 26.8 Å². The molecule has 1 heterocycles. The van der Waals surface area contributed by atoms with Crippen LogP contribution in [0.4, 0.5) is 0 Å². The number of nitrogens with zero attached hydrogens (tertiary/aromatic N) is 2. The van der Waals surface area contributed by atoms with E-state index in [0.717, 1.165) is 19.4 Å². The molecule has 0 unspecified atom stereocenters. The van der Waals surface area contributed by atoms with Crippen LogP contribution in [0, 0.1) is 0 Å². The lowest BCUT2D eigenvalue weighted by Crippen LogP contribution is -2.31. The highest BCUT2D eigenvalue weighted by Gasteiger charge is 2.09. The molecule has 4 nitrogen and oxygen atoms in total. The van der Waals surface area contributed by atoms with Crippen LogP contribution in [0.25, 0.3) is 0 Å². The molecule has 4 heteroatoms. The highest BCUT2D eigenvalue weighted by Crippen LogP contribution is 2.02. The lowest BCUT2D eigenvalue weighted by Gasteiger charge is -2.18. The van der Waals surface area contributed by atoms with E-state index in [1.165, 1.54) is 0 Å². The van der Waals surface area contributed by atoms with Gasteiger partial charge < -0.3 is 9.47 Å². The molecule has 1 aromatic rings. The van der Waals surface area contributed by atoms with Crippen LogP contribution in [-0.4, -0.2) is 34.7 Å². The maximum Gasteiger partial charge on any atom is 0.224 e. The van der Waals surface area contributed by atoms with Gasteiger partial charge in [-0.1, -0.05) is 0 Å². The highest BCUT2D eigenvalue weighted by atomic mass is 16.2. The smallest absolute Gasteiger partial charge is 0.224 e. The maximum absolute atomic E-state index is 11.7. The number of hydrogen-bond acceptors (Lipinski definition) is 2. The van der Waals surface area contributed by atoms with Crippen LogP contribution in [-0.2, 0) is 11.3 Å². The van der Waals surface area contributed by atoms with Crippen LogP contribution in [0.5, 0.6) is 0 Å². The van der Waals surface area contributed by atoms with Gasteiger partial charge in [-0.25, -0.2) is 0 Å². The second-order valence-electron chi connectivity index (χ2n) is 3.56.